The van der Waals surface area contributed by atoms with E-state index in [1.165, 1.54) is 30.6 Å². The number of likely N-dealkylation sites (tertiary alicyclic amines) is 1. The number of aromatic nitrogens is 1. The van der Waals surface area contributed by atoms with E-state index in [2.05, 4.69) is 15.6 Å². The monoisotopic (exact) mass is 618 g/mol. The minimum Gasteiger partial charge on any atom is -0.493 e. The summed E-state index contributed by atoms with van der Waals surface area (Å²) in [5.41, 5.74) is 4.46. The lowest BCUT2D eigenvalue weighted by molar-refractivity contribution is -0.125. The maximum atomic E-state index is 14.6. The van der Waals surface area contributed by atoms with Gasteiger partial charge in [-0.05, 0) is 60.0 Å². The Morgan fingerprint density at radius 3 is 2.82 bits per heavy atom. The fraction of sp³-hybridized carbons (Fsp3) is 0.312. The van der Waals surface area contributed by atoms with Crippen LogP contribution >= 0.6 is 11.3 Å². The first-order chi connectivity index (χ1) is 21.3. The van der Waals surface area contributed by atoms with Gasteiger partial charge in [-0.3, -0.25) is 14.4 Å². The topological polar surface area (TPSA) is 119 Å². The van der Waals surface area contributed by atoms with Crippen molar-refractivity contribution in [1.82, 2.24) is 20.5 Å². The van der Waals surface area contributed by atoms with Gasteiger partial charge in [-0.2, -0.15) is 0 Å². The van der Waals surface area contributed by atoms with Crippen LogP contribution in [0.15, 0.2) is 60.1 Å². The molecule has 0 aliphatic carbocycles. The van der Waals surface area contributed by atoms with Crippen LogP contribution in [0.3, 0.4) is 0 Å². The Bertz CT molecular complexity index is 1710. The second-order valence-electron chi connectivity index (χ2n) is 10.8. The minimum absolute atomic E-state index is 0.126. The van der Waals surface area contributed by atoms with Gasteiger partial charge < -0.3 is 29.7 Å². The fourth-order valence-electron chi connectivity index (χ4n) is 5.46. The number of amides is 3. The normalized spacial score (nSPS) is 19.4. The van der Waals surface area contributed by atoms with Gasteiger partial charge in [0.25, 0.3) is 11.8 Å². The standard InChI is InChI=1S/C32H31FN4O6S/c1-41-27-6-2-19-3-7-30(38)34-15-20-10-22(33)14-23(11-20)43-26-8-9-37(16-25(26)36-31(39)17-42-28(27)12-19)32(40)21-4-5-24-29(13-21)44-18-35-24/h2,4-6,10-14,18,25-26H,3,7-9,15-17H2,1H3,(H,34,38)(H,36,39)/t25-,26-/m1/s1. The van der Waals surface area contributed by atoms with Crippen molar-refractivity contribution in [1.29, 1.82) is 0 Å². The number of rotatable bonds is 2. The summed E-state index contributed by atoms with van der Waals surface area (Å²) in [7, 11) is 1.51. The second kappa shape index (κ2) is 12.9. The summed E-state index contributed by atoms with van der Waals surface area (Å²) in [5, 5.41) is 5.81. The summed E-state index contributed by atoms with van der Waals surface area (Å²) in [5.74, 6) is -0.195. The quantitative estimate of drug-likeness (QED) is 0.350. The lowest BCUT2D eigenvalue weighted by Gasteiger charge is -2.39. The predicted molar refractivity (Wildman–Crippen MR) is 162 cm³/mol. The Morgan fingerprint density at radius 1 is 1.07 bits per heavy atom. The Kier molecular flexibility index (Phi) is 8.60. The van der Waals surface area contributed by atoms with E-state index in [9.17, 15) is 18.8 Å². The molecule has 1 fully saturated rings. The molecule has 1 aromatic heterocycles. The van der Waals surface area contributed by atoms with Gasteiger partial charge in [0.1, 0.15) is 17.7 Å². The Morgan fingerprint density at radius 2 is 1.95 bits per heavy atom. The van der Waals surface area contributed by atoms with Gasteiger partial charge in [0.15, 0.2) is 18.1 Å². The highest BCUT2D eigenvalue weighted by Crippen LogP contribution is 2.29. The molecule has 10 nitrogen and oxygen atoms in total. The third-order valence-corrected chi connectivity index (χ3v) is 8.49. The number of nitrogens with one attached hydrogen (secondary N) is 2. The molecule has 12 heteroatoms. The maximum absolute atomic E-state index is 14.6. The lowest BCUT2D eigenvalue weighted by Crippen LogP contribution is -2.58. The number of piperidine rings is 1. The molecule has 6 rings (SSSR count). The van der Waals surface area contributed by atoms with E-state index in [4.69, 9.17) is 14.2 Å². The van der Waals surface area contributed by atoms with Crippen LogP contribution in [-0.2, 0) is 22.6 Å². The van der Waals surface area contributed by atoms with Crippen molar-refractivity contribution in [3.05, 3.63) is 82.6 Å². The number of hydrogen-bond acceptors (Lipinski definition) is 8. The molecule has 3 amide bonds. The van der Waals surface area contributed by atoms with Gasteiger partial charge >= 0.3 is 0 Å². The van der Waals surface area contributed by atoms with Crippen molar-refractivity contribution in [2.45, 2.75) is 38.0 Å². The SMILES string of the molecule is COc1ccc2cc1OCC(=O)N[C@@H]1CN(C(=O)c3ccc4ncsc4c3)CC[C@H]1Oc1cc(F)cc(c1)CNC(=O)CC2. The predicted octanol–water partition coefficient (Wildman–Crippen LogP) is 3.86. The molecule has 1 saturated heterocycles. The number of carbonyl (C=O) groups is 3. The van der Waals surface area contributed by atoms with Crippen LogP contribution < -0.4 is 24.8 Å². The zero-order valence-corrected chi connectivity index (χ0v) is 24.8. The molecule has 2 atom stereocenters. The molecule has 44 heavy (non-hydrogen) atoms. The van der Waals surface area contributed by atoms with E-state index in [1.54, 1.807) is 34.7 Å². The van der Waals surface area contributed by atoms with Crippen molar-refractivity contribution in [3.63, 3.8) is 0 Å². The second-order valence-corrected chi connectivity index (χ2v) is 11.6. The van der Waals surface area contributed by atoms with Crippen molar-refractivity contribution < 1.29 is 33.0 Å². The smallest absolute Gasteiger partial charge is 0.258 e. The molecule has 3 aromatic carbocycles. The van der Waals surface area contributed by atoms with E-state index >= 15 is 0 Å². The molecule has 4 aromatic rings. The van der Waals surface area contributed by atoms with Gasteiger partial charge in [0, 0.05) is 44.1 Å². The third-order valence-electron chi connectivity index (χ3n) is 7.70. The zero-order chi connectivity index (χ0) is 30.6. The molecule has 0 radical (unpaired) electrons. The molecule has 0 unspecified atom stereocenters. The zero-order valence-electron chi connectivity index (χ0n) is 24.0. The Labute approximate surface area is 257 Å². The van der Waals surface area contributed by atoms with E-state index in [-0.39, 0.29) is 43.7 Å². The highest BCUT2D eigenvalue weighted by atomic mass is 32.1. The Balaban J connectivity index is 1.27. The average Bonchev–Trinajstić information content (AvgIpc) is 3.50. The summed E-state index contributed by atoms with van der Waals surface area (Å²) < 4.78 is 33.0. The average molecular weight is 619 g/mol. The molecular weight excluding hydrogens is 587 g/mol. The summed E-state index contributed by atoms with van der Waals surface area (Å²) in [6, 6.07) is 14.4. The maximum Gasteiger partial charge on any atom is 0.258 e. The molecule has 0 spiro atoms. The fourth-order valence-corrected chi connectivity index (χ4v) is 6.18. The molecule has 3 heterocycles. The van der Waals surface area contributed by atoms with Crippen LogP contribution in [0.25, 0.3) is 10.2 Å². The van der Waals surface area contributed by atoms with E-state index in [0.29, 0.717) is 42.0 Å². The van der Waals surface area contributed by atoms with Crippen LogP contribution in [0.4, 0.5) is 4.39 Å². The largest absolute Gasteiger partial charge is 0.493 e. The molecule has 2 aliphatic heterocycles. The van der Waals surface area contributed by atoms with E-state index in [1.807, 2.05) is 18.2 Å². The number of aryl methyl sites for hydroxylation is 1. The number of halogens is 1. The first-order valence-electron chi connectivity index (χ1n) is 14.3. The molecule has 4 bridgehead atoms. The number of ether oxygens (including phenoxy) is 3. The van der Waals surface area contributed by atoms with E-state index in [0.717, 1.165) is 15.8 Å². The summed E-state index contributed by atoms with van der Waals surface area (Å²) in [4.78, 5) is 45.3. The van der Waals surface area contributed by atoms with Crippen molar-refractivity contribution in [3.8, 4) is 17.2 Å². The van der Waals surface area contributed by atoms with Gasteiger partial charge in [-0.25, -0.2) is 9.37 Å². The summed E-state index contributed by atoms with van der Waals surface area (Å²) >= 11 is 1.46. The number of thiazole rings is 1. The summed E-state index contributed by atoms with van der Waals surface area (Å²) in [6.07, 6.45) is 0.466. The number of methoxy groups -OCH3 is 1. The van der Waals surface area contributed by atoms with Gasteiger partial charge in [-0.15, -0.1) is 11.3 Å². The molecule has 228 valence electrons. The van der Waals surface area contributed by atoms with Crippen LogP contribution in [0, 0.1) is 5.82 Å². The van der Waals surface area contributed by atoms with Crippen molar-refractivity contribution >= 4 is 39.3 Å². The summed E-state index contributed by atoms with van der Waals surface area (Å²) in [6.45, 7) is 0.354. The third kappa shape index (κ3) is 6.75. The number of fused-ring (bicyclic) bond motifs is 6. The van der Waals surface area contributed by atoms with Gasteiger partial charge in [0.2, 0.25) is 5.91 Å². The Hall–Kier alpha value is -4.71. The molecular formula is C32H31FN4O6S. The molecule has 2 aliphatic rings. The lowest BCUT2D eigenvalue weighted by atomic mass is 10.0. The van der Waals surface area contributed by atoms with E-state index < -0.39 is 23.9 Å². The van der Waals surface area contributed by atoms with Gasteiger partial charge in [0.05, 0.1) is 28.9 Å². The first kappa shape index (κ1) is 29.4. The number of carbonyl (C=O) groups excluding carboxylic acids is 3. The number of benzene rings is 3. The van der Waals surface area contributed by atoms with Gasteiger partial charge in [-0.1, -0.05) is 6.07 Å². The van der Waals surface area contributed by atoms with Crippen LogP contribution in [-0.4, -0.2) is 66.6 Å². The van der Waals surface area contributed by atoms with Crippen LogP contribution in [0.2, 0.25) is 0 Å². The van der Waals surface area contributed by atoms with Crippen LogP contribution in [0.1, 0.15) is 34.3 Å². The highest BCUT2D eigenvalue weighted by Gasteiger charge is 2.35. The molecule has 0 saturated carbocycles. The highest BCUT2D eigenvalue weighted by molar-refractivity contribution is 7.16. The van der Waals surface area contributed by atoms with Crippen LogP contribution in [0.5, 0.6) is 17.2 Å². The van der Waals surface area contributed by atoms with Crippen molar-refractivity contribution in [2.75, 3.05) is 26.8 Å². The number of hydrogen-bond donors (Lipinski definition) is 2. The number of nitrogens with zero attached hydrogens (tertiary/aromatic N) is 2. The first-order valence-corrected chi connectivity index (χ1v) is 15.2. The van der Waals surface area contributed by atoms with Crippen molar-refractivity contribution in [2.24, 2.45) is 0 Å². The molecule has 2 N–H and O–H groups in total. The minimum atomic E-state index is -0.616.